The van der Waals surface area contributed by atoms with Gasteiger partial charge in [-0.15, -0.1) is 0 Å². The third-order valence-electron chi connectivity index (χ3n) is 3.56. The van der Waals surface area contributed by atoms with E-state index < -0.39 is 0 Å². The van der Waals surface area contributed by atoms with Crippen molar-refractivity contribution >= 4 is 15.9 Å². The lowest BCUT2D eigenvalue weighted by Gasteiger charge is -2.47. The van der Waals surface area contributed by atoms with E-state index in [1.807, 2.05) is 6.07 Å². The molecule has 2 nitrogen and oxygen atoms in total. The van der Waals surface area contributed by atoms with Gasteiger partial charge in [-0.1, -0.05) is 28.1 Å². The Bertz CT molecular complexity index is 418. The van der Waals surface area contributed by atoms with Gasteiger partial charge in [0.1, 0.15) is 5.60 Å². The molecule has 1 heterocycles. The quantitative estimate of drug-likeness (QED) is 0.857. The van der Waals surface area contributed by atoms with Gasteiger partial charge in [0.05, 0.1) is 6.61 Å². The van der Waals surface area contributed by atoms with Crippen molar-refractivity contribution in [2.24, 2.45) is 0 Å². The molecule has 1 aliphatic rings. The normalized spacial score (nSPS) is 32.4. The third-order valence-corrected chi connectivity index (χ3v) is 4.06. The highest BCUT2D eigenvalue weighted by Gasteiger charge is 2.42. The first-order valence-electron chi connectivity index (χ1n) is 6.01. The second kappa shape index (κ2) is 4.38. The maximum absolute atomic E-state index is 6.15. The summed E-state index contributed by atoms with van der Waals surface area (Å²) in [5.74, 6) is 0. The van der Waals surface area contributed by atoms with Crippen LogP contribution in [-0.2, 0) is 10.3 Å². The Morgan fingerprint density at radius 2 is 2.06 bits per heavy atom. The summed E-state index contributed by atoms with van der Waals surface area (Å²) in [5, 5.41) is 3.62. The summed E-state index contributed by atoms with van der Waals surface area (Å²) in [4.78, 5) is 0. The van der Waals surface area contributed by atoms with Crippen LogP contribution in [0, 0.1) is 0 Å². The highest BCUT2D eigenvalue weighted by molar-refractivity contribution is 9.10. The van der Waals surface area contributed by atoms with Crippen molar-refractivity contribution < 1.29 is 4.74 Å². The molecule has 1 aliphatic heterocycles. The molecule has 0 spiro atoms. The van der Waals surface area contributed by atoms with E-state index in [0.717, 1.165) is 11.1 Å². The van der Waals surface area contributed by atoms with Crippen molar-refractivity contribution in [3.8, 4) is 0 Å². The fourth-order valence-electron chi connectivity index (χ4n) is 2.35. The molecule has 2 rings (SSSR count). The molecule has 1 aromatic carbocycles. The van der Waals surface area contributed by atoms with E-state index in [-0.39, 0.29) is 17.2 Å². The first kappa shape index (κ1) is 13.1. The van der Waals surface area contributed by atoms with Crippen molar-refractivity contribution in [1.29, 1.82) is 0 Å². The molecular weight excluding hydrogens is 278 g/mol. The van der Waals surface area contributed by atoms with Gasteiger partial charge in [0.2, 0.25) is 0 Å². The molecule has 1 aromatic rings. The third kappa shape index (κ3) is 2.56. The summed E-state index contributed by atoms with van der Waals surface area (Å²) >= 11 is 3.52. The summed E-state index contributed by atoms with van der Waals surface area (Å²) in [5.41, 5.74) is 0.993. The average Bonchev–Trinajstić information content (AvgIpc) is 2.24. The molecule has 3 heteroatoms. The van der Waals surface area contributed by atoms with Gasteiger partial charge in [-0.05, 0) is 45.4 Å². The van der Waals surface area contributed by atoms with Gasteiger partial charge in [0.25, 0.3) is 0 Å². The second-order valence-corrected chi connectivity index (χ2v) is 6.57. The summed E-state index contributed by atoms with van der Waals surface area (Å²) in [6.45, 7) is 9.40. The number of nitrogens with one attached hydrogen (secondary N) is 1. The van der Waals surface area contributed by atoms with Crippen molar-refractivity contribution in [2.45, 2.75) is 44.9 Å². The molecule has 0 bridgehead atoms. The minimum Gasteiger partial charge on any atom is -0.367 e. The van der Waals surface area contributed by atoms with Crippen LogP contribution in [0.1, 0.15) is 33.3 Å². The fourth-order valence-corrected chi connectivity index (χ4v) is 2.75. The average molecular weight is 298 g/mol. The zero-order chi connectivity index (χ0) is 12.7. The first-order valence-corrected chi connectivity index (χ1v) is 6.80. The molecule has 1 saturated heterocycles. The van der Waals surface area contributed by atoms with Gasteiger partial charge in [-0.3, -0.25) is 0 Å². The SMILES string of the molecule is C[C@@H]1NC(C)(C)CO[C@@]1(C)c1cccc(Br)c1. The fraction of sp³-hybridized carbons (Fsp3) is 0.571. The number of benzene rings is 1. The molecule has 0 radical (unpaired) electrons. The maximum Gasteiger partial charge on any atom is 0.105 e. The van der Waals surface area contributed by atoms with Crippen LogP contribution in [0.25, 0.3) is 0 Å². The first-order chi connectivity index (χ1) is 7.83. The second-order valence-electron chi connectivity index (χ2n) is 5.66. The molecule has 1 fully saturated rings. The maximum atomic E-state index is 6.15. The molecule has 17 heavy (non-hydrogen) atoms. The zero-order valence-electron chi connectivity index (χ0n) is 10.9. The molecule has 94 valence electrons. The summed E-state index contributed by atoms with van der Waals surface area (Å²) in [7, 11) is 0. The lowest BCUT2D eigenvalue weighted by molar-refractivity contribution is -0.122. The lowest BCUT2D eigenvalue weighted by atomic mass is 9.85. The molecule has 0 amide bonds. The minimum atomic E-state index is -0.265. The van der Waals surface area contributed by atoms with E-state index in [4.69, 9.17) is 4.74 Å². The van der Waals surface area contributed by atoms with E-state index in [9.17, 15) is 0 Å². The molecular formula is C14H20BrNO. The Labute approximate surface area is 112 Å². The molecule has 1 N–H and O–H groups in total. The summed E-state index contributed by atoms with van der Waals surface area (Å²) < 4.78 is 7.25. The van der Waals surface area contributed by atoms with Crippen molar-refractivity contribution in [2.75, 3.05) is 6.61 Å². The van der Waals surface area contributed by atoms with Crippen molar-refractivity contribution in [3.05, 3.63) is 34.3 Å². The molecule has 0 unspecified atom stereocenters. The largest absolute Gasteiger partial charge is 0.367 e. The van der Waals surface area contributed by atoms with Crippen LogP contribution in [-0.4, -0.2) is 18.2 Å². The van der Waals surface area contributed by atoms with Gasteiger partial charge < -0.3 is 10.1 Å². The Balaban J connectivity index is 2.31. The lowest BCUT2D eigenvalue weighted by Crippen LogP contribution is -2.62. The Kier molecular flexibility index (Phi) is 3.36. The molecule has 2 atom stereocenters. The standard InChI is InChI=1S/C14H20BrNO/c1-10-14(4,17-9-13(2,3)16-10)11-6-5-7-12(15)8-11/h5-8,10,16H,9H2,1-4H3/t10-,14+/m0/s1. The van der Waals surface area contributed by atoms with Crippen LogP contribution in [0.5, 0.6) is 0 Å². The zero-order valence-corrected chi connectivity index (χ0v) is 12.5. The van der Waals surface area contributed by atoms with Gasteiger partial charge in [0, 0.05) is 16.1 Å². The number of hydrogen-bond donors (Lipinski definition) is 1. The Hall–Kier alpha value is -0.380. The summed E-state index contributed by atoms with van der Waals surface area (Å²) in [6.07, 6.45) is 0. The van der Waals surface area contributed by atoms with E-state index in [1.54, 1.807) is 0 Å². The Morgan fingerprint density at radius 1 is 1.35 bits per heavy atom. The van der Waals surface area contributed by atoms with Gasteiger partial charge in [-0.25, -0.2) is 0 Å². The monoisotopic (exact) mass is 297 g/mol. The number of halogens is 1. The smallest absolute Gasteiger partial charge is 0.105 e. The van der Waals surface area contributed by atoms with Crippen LogP contribution in [0.15, 0.2) is 28.7 Å². The Morgan fingerprint density at radius 3 is 2.65 bits per heavy atom. The van der Waals surface area contributed by atoms with E-state index >= 15 is 0 Å². The predicted octanol–water partition coefficient (Wildman–Crippen LogP) is 3.45. The van der Waals surface area contributed by atoms with E-state index in [1.165, 1.54) is 5.56 Å². The van der Waals surface area contributed by atoms with Crippen molar-refractivity contribution in [3.63, 3.8) is 0 Å². The van der Waals surface area contributed by atoms with E-state index in [0.29, 0.717) is 0 Å². The van der Waals surface area contributed by atoms with Crippen LogP contribution >= 0.6 is 15.9 Å². The number of rotatable bonds is 1. The van der Waals surface area contributed by atoms with Crippen LogP contribution < -0.4 is 5.32 Å². The summed E-state index contributed by atoms with van der Waals surface area (Å²) in [6, 6.07) is 8.64. The van der Waals surface area contributed by atoms with Gasteiger partial charge in [-0.2, -0.15) is 0 Å². The van der Waals surface area contributed by atoms with Crippen LogP contribution in [0.2, 0.25) is 0 Å². The van der Waals surface area contributed by atoms with Crippen LogP contribution in [0.3, 0.4) is 0 Å². The minimum absolute atomic E-state index is 0.0466. The predicted molar refractivity (Wildman–Crippen MR) is 74.1 cm³/mol. The highest BCUT2D eigenvalue weighted by atomic mass is 79.9. The molecule has 0 saturated carbocycles. The number of ether oxygens (including phenoxy) is 1. The van der Waals surface area contributed by atoms with Crippen LogP contribution in [0.4, 0.5) is 0 Å². The number of hydrogen-bond acceptors (Lipinski definition) is 2. The van der Waals surface area contributed by atoms with E-state index in [2.05, 4.69) is 67.1 Å². The topological polar surface area (TPSA) is 21.3 Å². The van der Waals surface area contributed by atoms with Crippen molar-refractivity contribution in [1.82, 2.24) is 5.32 Å². The molecule has 0 aromatic heterocycles. The number of morpholine rings is 1. The molecule has 0 aliphatic carbocycles. The van der Waals surface area contributed by atoms with Gasteiger partial charge in [0.15, 0.2) is 0 Å². The highest BCUT2D eigenvalue weighted by Crippen LogP contribution is 2.35. The van der Waals surface area contributed by atoms with Gasteiger partial charge >= 0.3 is 0 Å².